The van der Waals surface area contributed by atoms with Gasteiger partial charge in [-0.15, -0.1) is 0 Å². The van der Waals surface area contributed by atoms with Crippen LogP contribution in [0.1, 0.15) is 78.3 Å². The number of ether oxygens (including phenoxy) is 1. The topological polar surface area (TPSA) is 56.3 Å². The zero-order chi connectivity index (χ0) is 17.1. The van der Waals surface area contributed by atoms with Gasteiger partial charge < -0.3 is 4.74 Å². The molecule has 0 amide bonds. The lowest BCUT2D eigenvalue weighted by Gasteiger charge is -2.26. The second-order valence-corrected chi connectivity index (χ2v) is 6.38. The van der Waals surface area contributed by atoms with Gasteiger partial charge in [-0.05, 0) is 44.2 Å². The molecule has 4 nitrogen and oxygen atoms in total. The standard InChI is InChI=1S/C20H23NO3/c1-3-24-20(23)19-17(13(2)22)18(14-9-5-4-6-10-14)15-11-7-8-12-16(15)21-19/h7-8,11-12,14H,3-6,9-10H2,1-2H3. The van der Waals surface area contributed by atoms with Crippen molar-refractivity contribution in [1.82, 2.24) is 4.98 Å². The molecule has 1 aromatic heterocycles. The van der Waals surface area contributed by atoms with E-state index in [2.05, 4.69) is 4.98 Å². The monoisotopic (exact) mass is 325 g/mol. The van der Waals surface area contributed by atoms with E-state index in [1.54, 1.807) is 6.92 Å². The minimum atomic E-state index is -0.509. The van der Waals surface area contributed by atoms with Crippen molar-refractivity contribution in [3.8, 4) is 0 Å². The van der Waals surface area contributed by atoms with Crippen LogP contribution < -0.4 is 0 Å². The van der Waals surface area contributed by atoms with E-state index in [1.807, 2.05) is 24.3 Å². The molecule has 0 saturated heterocycles. The molecule has 1 aliphatic rings. The van der Waals surface area contributed by atoms with Crippen LogP contribution in [0.2, 0.25) is 0 Å². The van der Waals surface area contributed by atoms with Crippen LogP contribution in [-0.4, -0.2) is 23.3 Å². The lowest BCUT2D eigenvalue weighted by atomic mass is 9.79. The number of carbonyl (C=O) groups is 2. The third-order valence-electron chi connectivity index (χ3n) is 4.77. The second-order valence-electron chi connectivity index (χ2n) is 6.38. The van der Waals surface area contributed by atoms with Crippen molar-refractivity contribution >= 4 is 22.7 Å². The molecule has 0 atom stereocenters. The number of nitrogens with zero attached hydrogens (tertiary/aromatic N) is 1. The predicted octanol–water partition coefficient (Wildman–Crippen LogP) is 4.66. The number of hydrogen-bond acceptors (Lipinski definition) is 4. The number of hydrogen-bond donors (Lipinski definition) is 0. The quantitative estimate of drug-likeness (QED) is 0.606. The van der Waals surface area contributed by atoms with Gasteiger partial charge in [-0.3, -0.25) is 4.79 Å². The molecular weight excluding hydrogens is 302 g/mol. The summed E-state index contributed by atoms with van der Waals surface area (Å²) in [5.74, 6) is -0.318. The average Bonchev–Trinajstić information content (AvgIpc) is 2.60. The van der Waals surface area contributed by atoms with E-state index < -0.39 is 5.97 Å². The number of benzene rings is 1. The number of aromatic nitrogens is 1. The van der Waals surface area contributed by atoms with Crippen molar-refractivity contribution in [3.05, 3.63) is 41.1 Å². The van der Waals surface area contributed by atoms with Gasteiger partial charge in [-0.1, -0.05) is 37.5 Å². The summed E-state index contributed by atoms with van der Waals surface area (Å²) < 4.78 is 5.16. The van der Waals surface area contributed by atoms with Crippen LogP contribution in [0.15, 0.2) is 24.3 Å². The first-order chi connectivity index (χ1) is 11.6. The molecule has 126 valence electrons. The van der Waals surface area contributed by atoms with Gasteiger partial charge in [0, 0.05) is 5.39 Å². The number of esters is 1. The number of Topliss-reactive ketones (excluding diaryl/α,β-unsaturated/α-hetero) is 1. The van der Waals surface area contributed by atoms with Crippen LogP contribution in [0.5, 0.6) is 0 Å². The number of rotatable bonds is 4. The van der Waals surface area contributed by atoms with Crippen molar-refractivity contribution in [1.29, 1.82) is 0 Å². The predicted molar refractivity (Wildman–Crippen MR) is 93.5 cm³/mol. The van der Waals surface area contributed by atoms with E-state index in [-0.39, 0.29) is 18.1 Å². The highest BCUT2D eigenvalue weighted by Crippen LogP contribution is 2.39. The Morgan fingerprint density at radius 2 is 1.88 bits per heavy atom. The third-order valence-corrected chi connectivity index (χ3v) is 4.77. The fourth-order valence-corrected chi connectivity index (χ4v) is 3.76. The fourth-order valence-electron chi connectivity index (χ4n) is 3.76. The maximum atomic E-state index is 12.4. The summed E-state index contributed by atoms with van der Waals surface area (Å²) in [5, 5.41) is 0.989. The molecular formula is C20H23NO3. The lowest BCUT2D eigenvalue weighted by molar-refractivity contribution is 0.0516. The average molecular weight is 325 g/mol. The van der Waals surface area contributed by atoms with Crippen LogP contribution in [0.4, 0.5) is 0 Å². The summed E-state index contributed by atoms with van der Waals surface area (Å²) in [6.07, 6.45) is 5.66. The number of ketones is 1. The largest absolute Gasteiger partial charge is 0.461 e. The normalized spacial score (nSPS) is 15.4. The molecule has 4 heteroatoms. The van der Waals surface area contributed by atoms with Crippen LogP contribution in [0, 0.1) is 0 Å². The third kappa shape index (κ3) is 3.05. The Bertz CT molecular complexity index is 776. The van der Waals surface area contributed by atoms with Gasteiger partial charge in [-0.25, -0.2) is 9.78 Å². The first kappa shape index (κ1) is 16.6. The van der Waals surface area contributed by atoms with E-state index >= 15 is 0 Å². The fraction of sp³-hybridized carbons (Fsp3) is 0.450. The molecule has 2 aromatic rings. The number of pyridine rings is 1. The van der Waals surface area contributed by atoms with Crippen LogP contribution in [-0.2, 0) is 4.74 Å². The molecule has 0 radical (unpaired) electrons. The highest BCUT2D eigenvalue weighted by molar-refractivity contribution is 6.09. The number of para-hydroxylation sites is 1. The van der Waals surface area contributed by atoms with Crippen molar-refractivity contribution in [2.24, 2.45) is 0 Å². The Labute approximate surface area is 142 Å². The molecule has 0 aliphatic heterocycles. The molecule has 3 rings (SSSR count). The molecule has 1 aromatic carbocycles. The number of carbonyl (C=O) groups excluding carboxylic acids is 2. The van der Waals surface area contributed by atoms with E-state index in [1.165, 1.54) is 13.3 Å². The van der Waals surface area contributed by atoms with E-state index in [0.717, 1.165) is 42.1 Å². The molecule has 0 spiro atoms. The zero-order valence-electron chi connectivity index (χ0n) is 14.3. The lowest BCUT2D eigenvalue weighted by Crippen LogP contribution is -2.18. The Kier molecular flexibility index (Phi) is 4.93. The first-order valence-corrected chi connectivity index (χ1v) is 8.74. The van der Waals surface area contributed by atoms with Crippen LogP contribution in [0.25, 0.3) is 10.9 Å². The molecule has 0 bridgehead atoms. The van der Waals surface area contributed by atoms with Crippen molar-refractivity contribution in [3.63, 3.8) is 0 Å². The van der Waals surface area contributed by atoms with E-state index in [0.29, 0.717) is 11.5 Å². The van der Waals surface area contributed by atoms with Gasteiger partial charge in [0.1, 0.15) is 0 Å². The Morgan fingerprint density at radius 1 is 1.17 bits per heavy atom. The molecule has 24 heavy (non-hydrogen) atoms. The van der Waals surface area contributed by atoms with Gasteiger partial charge in [0.05, 0.1) is 17.7 Å². The molecule has 0 unspecified atom stereocenters. The first-order valence-electron chi connectivity index (χ1n) is 8.74. The van der Waals surface area contributed by atoms with Crippen molar-refractivity contribution in [2.75, 3.05) is 6.61 Å². The van der Waals surface area contributed by atoms with Gasteiger partial charge in [0.15, 0.2) is 11.5 Å². The molecule has 0 N–H and O–H groups in total. The van der Waals surface area contributed by atoms with Gasteiger partial charge >= 0.3 is 5.97 Å². The SMILES string of the molecule is CCOC(=O)c1nc2ccccc2c(C2CCCCC2)c1C(C)=O. The summed E-state index contributed by atoms with van der Waals surface area (Å²) in [6, 6.07) is 7.77. The van der Waals surface area contributed by atoms with Gasteiger partial charge in [0.2, 0.25) is 0 Å². The Morgan fingerprint density at radius 3 is 2.54 bits per heavy atom. The van der Waals surface area contributed by atoms with Crippen molar-refractivity contribution in [2.45, 2.75) is 51.9 Å². The summed E-state index contributed by atoms with van der Waals surface area (Å²) in [4.78, 5) is 29.3. The van der Waals surface area contributed by atoms with Gasteiger partial charge in [-0.2, -0.15) is 0 Å². The molecule has 1 fully saturated rings. The van der Waals surface area contributed by atoms with Crippen molar-refractivity contribution < 1.29 is 14.3 Å². The van der Waals surface area contributed by atoms with Crippen LogP contribution >= 0.6 is 0 Å². The highest BCUT2D eigenvalue weighted by Gasteiger charge is 2.28. The minimum absolute atomic E-state index is 0.114. The Balaban J connectivity index is 2.29. The van der Waals surface area contributed by atoms with Crippen LogP contribution in [0.3, 0.4) is 0 Å². The van der Waals surface area contributed by atoms with E-state index in [4.69, 9.17) is 4.74 Å². The minimum Gasteiger partial charge on any atom is -0.461 e. The Hall–Kier alpha value is -2.23. The molecule has 1 saturated carbocycles. The molecule has 1 heterocycles. The molecule has 1 aliphatic carbocycles. The van der Waals surface area contributed by atoms with Gasteiger partial charge in [0.25, 0.3) is 0 Å². The summed E-state index contributed by atoms with van der Waals surface area (Å²) in [6.45, 7) is 3.54. The maximum absolute atomic E-state index is 12.4. The summed E-state index contributed by atoms with van der Waals surface area (Å²) in [5.41, 5.74) is 2.38. The number of fused-ring (bicyclic) bond motifs is 1. The van der Waals surface area contributed by atoms with E-state index in [9.17, 15) is 9.59 Å². The highest BCUT2D eigenvalue weighted by atomic mass is 16.5. The zero-order valence-corrected chi connectivity index (χ0v) is 14.3. The summed E-state index contributed by atoms with van der Waals surface area (Å²) in [7, 11) is 0. The smallest absolute Gasteiger partial charge is 0.357 e. The maximum Gasteiger partial charge on any atom is 0.357 e. The summed E-state index contributed by atoms with van der Waals surface area (Å²) >= 11 is 0. The second kappa shape index (κ2) is 7.12.